The van der Waals surface area contributed by atoms with Gasteiger partial charge in [0.25, 0.3) is 0 Å². The van der Waals surface area contributed by atoms with Crippen LogP contribution in [0.5, 0.6) is 0 Å². The molecule has 0 aromatic heterocycles. The first-order valence-electron chi connectivity index (χ1n) is 22.6. The van der Waals surface area contributed by atoms with Crippen molar-refractivity contribution in [3.05, 3.63) is 12.2 Å². The molecule has 1 heterocycles. The van der Waals surface area contributed by atoms with E-state index in [1.807, 2.05) is 0 Å². The zero-order valence-electron chi connectivity index (χ0n) is 35.2. The Kier molecular flexibility index (Phi) is 32.7. The maximum Gasteiger partial charge on any atom is 0.397 e. The van der Waals surface area contributed by atoms with Gasteiger partial charge < -0.3 is 35.2 Å². The van der Waals surface area contributed by atoms with Crippen molar-refractivity contribution >= 4 is 16.3 Å². The minimum Gasteiger partial charge on any atom is -0.394 e. The normalized spacial score (nSPS) is 21.4. The fourth-order valence-corrected chi connectivity index (χ4v) is 7.79. The molecule has 0 aromatic carbocycles. The maximum absolute atomic E-state index is 13.0. The Morgan fingerprint density at radius 2 is 1.14 bits per heavy atom. The van der Waals surface area contributed by atoms with Gasteiger partial charge in [0.1, 0.15) is 24.4 Å². The Balaban J connectivity index is 2.51. The van der Waals surface area contributed by atoms with Crippen molar-refractivity contribution in [3.8, 4) is 0 Å². The van der Waals surface area contributed by atoms with Crippen LogP contribution in [0.2, 0.25) is 0 Å². The summed E-state index contributed by atoms with van der Waals surface area (Å²) in [4.78, 5) is 13.0. The molecule has 1 saturated heterocycles. The van der Waals surface area contributed by atoms with Gasteiger partial charge in [0.15, 0.2) is 6.29 Å². The van der Waals surface area contributed by atoms with Crippen molar-refractivity contribution < 1.29 is 51.8 Å². The van der Waals surface area contributed by atoms with E-state index in [1.54, 1.807) is 0 Å². The van der Waals surface area contributed by atoms with E-state index < -0.39 is 59.9 Å². The molecule has 13 heteroatoms. The van der Waals surface area contributed by atoms with Crippen LogP contribution in [-0.2, 0) is 28.9 Å². The first-order valence-corrected chi connectivity index (χ1v) is 23.9. The Labute approximate surface area is 340 Å². The number of rotatable bonds is 38. The van der Waals surface area contributed by atoms with E-state index in [1.165, 1.54) is 103 Å². The topological polar surface area (TPSA) is 192 Å². The molecule has 0 aliphatic carbocycles. The number of allylic oxidation sites excluding steroid dienone is 2. The second-order valence-electron chi connectivity index (χ2n) is 16.0. The summed E-state index contributed by atoms with van der Waals surface area (Å²) in [6.07, 6.45) is 27.8. The first-order chi connectivity index (χ1) is 27.0. The molecular formula is C43H83NO11S. The van der Waals surface area contributed by atoms with Crippen LogP contribution in [0, 0.1) is 0 Å². The Morgan fingerprint density at radius 1 is 0.696 bits per heavy atom. The number of aliphatic hydroxyl groups is 4. The number of hydrogen-bond donors (Lipinski definition) is 6. The third-order valence-electron chi connectivity index (χ3n) is 10.8. The molecule has 1 amide bonds. The molecule has 12 nitrogen and oxygen atoms in total. The minimum atomic E-state index is -5.07. The van der Waals surface area contributed by atoms with E-state index in [2.05, 4.69) is 35.5 Å². The molecule has 7 unspecified atom stereocenters. The summed E-state index contributed by atoms with van der Waals surface area (Å²) in [7, 11) is -5.07. The van der Waals surface area contributed by atoms with Crippen LogP contribution in [0.15, 0.2) is 12.2 Å². The van der Waals surface area contributed by atoms with Crippen LogP contribution in [0.1, 0.15) is 200 Å². The lowest BCUT2D eigenvalue weighted by Gasteiger charge is -2.41. The molecule has 0 spiro atoms. The van der Waals surface area contributed by atoms with Crippen LogP contribution in [0.25, 0.3) is 0 Å². The molecule has 1 aliphatic rings. The molecule has 1 fully saturated rings. The third-order valence-corrected chi connectivity index (χ3v) is 11.3. The predicted molar refractivity (Wildman–Crippen MR) is 222 cm³/mol. The van der Waals surface area contributed by atoms with Gasteiger partial charge in [-0.1, -0.05) is 167 Å². The number of aliphatic hydroxyl groups excluding tert-OH is 4. The molecule has 56 heavy (non-hydrogen) atoms. The summed E-state index contributed by atoms with van der Waals surface area (Å²) < 4.78 is 47.6. The number of nitrogens with one attached hydrogen (secondary N) is 1. The summed E-state index contributed by atoms with van der Waals surface area (Å²) in [6.45, 7) is 3.41. The number of amides is 1. The van der Waals surface area contributed by atoms with Crippen molar-refractivity contribution in [1.82, 2.24) is 5.32 Å². The van der Waals surface area contributed by atoms with Crippen molar-refractivity contribution in [3.63, 3.8) is 0 Å². The molecule has 1 aliphatic heterocycles. The highest BCUT2D eigenvalue weighted by atomic mass is 32.3. The Hall–Kier alpha value is -1.16. The van der Waals surface area contributed by atoms with E-state index in [4.69, 9.17) is 14.0 Å². The quantitative estimate of drug-likeness (QED) is 0.0199. The summed E-state index contributed by atoms with van der Waals surface area (Å²) >= 11 is 0. The second kappa shape index (κ2) is 34.7. The van der Waals surface area contributed by atoms with Gasteiger partial charge in [-0.3, -0.25) is 9.35 Å². The van der Waals surface area contributed by atoms with Gasteiger partial charge in [-0.2, -0.15) is 8.42 Å². The fourth-order valence-electron chi connectivity index (χ4n) is 7.28. The minimum absolute atomic E-state index is 0.239. The third kappa shape index (κ3) is 27.5. The van der Waals surface area contributed by atoms with Crippen molar-refractivity contribution in [1.29, 1.82) is 0 Å². The van der Waals surface area contributed by atoms with Crippen molar-refractivity contribution in [2.45, 2.75) is 243 Å². The number of carbonyl (C=O) groups is 1. The zero-order chi connectivity index (χ0) is 41.3. The van der Waals surface area contributed by atoms with E-state index in [9.17, 15) is 33.6 Å². The van der Waals surface area contributed by atoms with E-state index in [-0.39, 0.29) is 18.9 Å². The lowest BCUT2D eigenvalue weighted by Crippen LogP contribution is -2.61. The Bertz CT molecular complexity index is 1060. The lowest BCUT2D eigenvalue weighted by molar-refractivity contribution is -0.298. The van der Waals surface area contributed by atoms with Gasteiger partial charge in [-0.15, -0.1) is 0 Å². The van der Waals surface area contributed by atoms with Crippen LogP contribution in [0.4, 0.5) is 0 Å². The molecule has 6 N–H and O–H groups in total. The number of carbonyl (C=O) groups excluding carboxylic acids is 1. The number of hydrogen-bond acceptors (Lipinski definition) is 10. The maximum atomic E-state index is 13.0. The average molecular weight is 822 g/mol. The van der Waals surface area contributed by atoms with Crippen molar-refractivity contribution in [2.75, 3.05) is 13.2 Å². The lowest BCUT2D eigenvalue weighted by atomic mass is 9.99. The van der Waals surface area contributed by atoms with Gasteiger partial charge in [0, 0.05) is 6.42 Å². The van der Waals surface area contributed by atoms with Crippen LogP contribution in [-0.4, -0.2) is 95.4 Å². The Morgan fingerprint density at radius 3 is 1.64 bits per heavy atom. The van der Waals surface area contributed by atoms with Gasteiger partial charge in [-0.25, -0.2) is 4.18 Å². The smallest absolute Gasteiger partial charge is 0.394 e. The van der Waals surface area contributed by atoms with Crippen molar-refractivity contribution in [2.24, 2.45) is 0 Å². The SMILES string of the molecule is CCCCC/C=C\CCCCCCCC(=O)NC(COC1OC(CO)C(O)C(OS(=O)(=O)O)C1O)C(O)CCCCCCCCCCCCCCCCCCC. The fraction of sp³-hybridized carbons (Fsp3) is 0.930. The molecule has 0 radical (unpaired) electrons. The molecule has 7 atom stereocenters. The number of unbranched alkanes of at least 4 members (excludes halogenated alkanes) is 24. The standard InChI is InChI=1S/C43H83NO11S/c1-3-5-7-9-11-13-15-17-18-19-20-21-22-24-26-28-30-32-37(46)36(44-39(47)33-31-29-27-25-23-16-14-12-10-8-6-4-2)35-53-43-41(49)42(55-56(50,51)52)40(48)38(34-45)54-43/h12,14,36-38,40-43,45-46,48-49H,3-11,13,15-35H2,1-2H3,(H,44,47)(H,50,51,52)/b14-12-. The zero-order valence-corrected chi connectivity index (χ0v) is 36.0. The predicted octanol–water partition coefficient (Wildman–Crippen LogP) is 8.38. The van der Waals surface area contributed by atoms with Crippen LogP contribution < -0.4 is 5.32 Å². The molecule has 0 bridgehead atoms. The summed E-state index contributed by atoms with van der Waals surface area (Å²) in [5, 5.41) is 44.8. The first kappa shape index (κ1) is 52.9. The summed E-state index contributed by atoms with van der Waals surface area (Å²) in [6, 6.07) is -0.858. The van der Waals surface area contributed by atoms with Gasteiger partial charge >= 0.3 is 10.4 Å². The molecule has 0 saturated carbocycles. The summed E-state index contributed by atoms with van der Waals surface area (Å²) in [5.41, 5.74) is 0. The highest BCUT2D eigenvalue weighted by Gasteiger charge is 2.48. The largest absolute Gasteiger partial charge is 0.397 e. The van der Waals surface area contributed by atoms with Gasteiger partial charge in [0.2, 0.25) is 5.91 Å². The van der Waals surface area contributed by atoms with E-state index in [0.29, 0.717) is 12.8 Å². The molecule has 1 rings (SSSR count). The molecular weight excluding hydrogens is 739 g/mol. The number of ether oxygens (including phenoxy) is 2. The highest BCUT2D eigenvalue weighted by Crippen LogP contribution is 2.26. The molecule has 0 aromatic rings. The van der Waals surface area contributed by atoms with E-state index >= 15 is 0 Å². The van der Waals surface area contributed by atoms with Gasteiger partial charge in [0.05, 0.1) is 25.4 Å². The second-order valence-corrected chi connectivity index (χ2v) is 17.0. The summed E-state index contributed by atoms with van der Waals surface area (Å²) in [5.74, 6) is -0.239. The van der Waals surface area contributed by atoms with Crippen LogP contribution in [0.3, 0.4) is 0 Å². The monoisotopic (exact) mass is 822 g/mol. The van der Waals surface area contributed by atoms with E-state index in [0.717, 1.165) is 64.2 Å². The van der Waals surface area contributed by atoms with Gasteiger partial charge in [-0.05, 0) is 38.5 Å². The average Bonchev–Trinajstić information content (AvgIpc) is 3.16. The molecule has 332 valence electrons. The highest BCUT2D eigenvalue weighted by molar-refractivity contribution is 7.80. The van der Waals surface area contributed by atoms with Crippen LogP contribution >= 0.6 is 0 Å².